The number of nitrogens with one attached hydrogen (secondary N) is 1. The lowest BCUT2D eigenvalue weighted by atomic mass is 10.3. The Bertz CT molecular complexity index is 615. The fourth-order valence-electron chi connectivity index (χ4n) is 2.40. The van der Waals surface area contributed by atoms with Crippen molar-refractivity contribution in [2.24, 2.45) is 5.73 Å². The van der Waals surface area contributed by atoms with Crippen molar-refractivity contribution in [3.05, 3.63) is 42.0 Å². The van der Waals surface area contributed by atoms with Crippen molar-refractivity contribution in [1.82, 2.24) is 4.98 Å². The van der Waals surface area contributed by atoms with Gasteiger partial charge in [-0.25, -0.2) is 4.98 Å². The van der Waals surface area contributed by atoms with Crippen LogP contribution in [-0.4, -0.2) is 24.0 Å². The highest BCUT2D eigenvalue weighted by Crippen LogP contribution is 2.19. The average molecular weight is 286 g/mol. The van der Waals surface area contributed by atoms with E-state index < -0.39 is 0 Å². The van der Waals surface area contributed by atoms with Crippen molar-refractivity contribution in [2.75, 3.05) is 23.3 Å². The van der Waals surface area contributed by atoms with Gasteiger partial charge in [0.1, 0.15) is 11.6 Å². The van der Waals surface area contributed by atoms with E-state index in [0.717, 1.165) is 18.9 Å². The molecule has 0 radical (unpaired) electrons. The number of rotatable bonds is 4. The number of hydrogen-bond acceptors (Lipinski definition) is 5. The summed E-state index contributed by atoms with van der Waals surface area (Å²) in [5, 5.41) is 2.76. The van der Waals surface area contributed by atoms with E-state index in [2.05, 4.69) is 15.2 Å². The van der Waals surface area contributed by atoms with E-state index in [1.165, 1.54) is 12.8 Å². The molecule has 21 heavy (non-hydrogen) atoms. The first-order valence-electron chi connectivity index (χ1n) is 7.07. The van der Waals surface area contributed by atoms with Gasteiger partial charge in [-0.1, -0.05) is 0 Å². The van der Waals surface area contributed by atoms with Crippen LogP contribution in [0.3, 0.4) is 0 Å². The minimum absolute atomic E-state index is 0.249. The van der Waals surface area contributed by atoms with E-state index in [-0.39, 0.29) is 18.2 Å². The predicted octanol–water partition coefficient (Wildman–Crippen LogP) is 1.99. The first-order valence-corrected chi connectivity index (χ1v) is 7.07. The van der Waals surface area contributed by atoms with Gasteiger partial charge in [0.25, 0.3) is 5.91 Å². The van der Waals surface area contributed by atoms with Crippen LogP contribution in [0.4, 0.5) is 11.5 Å². The van der Waals surface area contributed by atoms with E-state index in [1.807, 2.05) is 12.1 Å². The zero-order valence-corrected chi connectivity index (χ0v) is 11.7. The molecule has 3 heterocycles. The van der Waals surface area contributed by atoms with Crippen molar-refractivity contribution in [3.8, 4) is 0 Å². The van der Waals surface area contributed by atoms with E-state index in [0.29, 0.717) is 11.4 Å². The third kappa shape index (κ3) is 3.05. The Kier molecular flexibility index (Phi) is 3.87. The number of carbonyl (C=O) groups excluding carboxylic acids is 1. The number of aromatic nitrogens is 1. The predicted molar refractivity (Wildman–Crippen MR) is 80.2 cm³/mol. The van der Waals surface area contributed by atoms with Crippen molar-refractivity contribution < 1.29 is 9.21 Å². The first-order chi connectivity index (χ1) is 10.3. The van der Waals surface area contributed by atoms with Gasteiger partial charge >= 0.3 is 0 Å². The maximum absolute atomic E-state index is 12.0. The molecule has 0 unspecified atom stereocenters. The lowest BCUT2D eigenvalue weighted by Gasteiger charge is -2.16. The molecule has 1 fully saturated rings. The largest absolute Gasteiger partial charge is 0.455 e. The van der Waals surface area contributed by atoms with Gasteiger partial charge in [0, 0.05) is 13.1 Å². The molecule has 1 amide bonds. The molecular weight excluding hydrogens is 268 g/mol. The Labute approximate surface area is 122 Å². The van der Waals surface area contributed by atoms with Crippen LogP contribution in [0, 0.1) is 0 Å². The summed E-state index contributed by atoms with van der Waals surface area (Å²) in [6, 6.07) is 7.09. The summed E-state index contributed by atoms with van der Waals surface area (Å²) in [5.74, 6) is 1.49. The standard InChI is InChI=1S/C15H18N4O2/c16-9-12-4-5-13(21-12)15(20)18-11-3-6-14(17-10-11)19-7-1-2-8-19/h3-6,10H,1-2,7-9,16H2,(H,18,20). The number of anilines is 2. The first kappa shape index (κ1) is 13.6. The second-order valence-electron chi connectivity index (χ2n) is 5.02. The molecule has 3 N–H and O–H groups in total. The minimum Gasteiger partial charge on any atom is -0.455 e. The zero-order valence-electron chi connectivity index (χ0n) is 11.7. The quantitative estimate of drug-likeness (QED) is 0.898. The highest BCUT2D eigenvalue weighted by Gasteiger charge is 2.14. The fourth-order valence-corrected chi connectivity index (χ4v) is 2.40. The van der Waals surface area contributed by atoms with Crippen molar-refractivity contribution in [3.63, 3.8) is 0 Å². The molecule has 6 nitrogen and oxygen atoms in total. The topological polar surface area (TPSA) is 84.4 Å². The normalized spacial score (nSPS) is 14.4. The van der Waals surface area contributed by atoms with Crippen LogP contribution in [0.5, 0.6) is 0 Å². The fraction of sp³-hybridized carbons (Fsp3) is 0.333. The molecule has 110 valence electrons. The molecule has 0 aliphatic carbocycles. The average Bonchev–Trinajstić information content (AvgIpc) is 3.19. The van der Waals surface area contributed by atoms with E-state index in [9.17, 15) is 4.79 Å². The van der Waals surface area contributed by atoms with Gasteiger partial charge < -0.3 is 20.4 Å². The van der Waals surface area contributed by atoms with Gasteiger partial charge in [-0.3, -0.25) is 4.79 Å². The van der Waals surface area contributed by atoms with Crippen LogP contribution in [0.15, 0.2) is 34.9 Å². The zero-order chi connectivity index (χ0) is 14.7. The lowest BCUT2D eigenvalue weighted by Crippen LogP contribution is -2.19. The van der Waals surface area contributed by atoms with Gasteiger partial charge in [-0.2, -0.15) is 0 Å². The number of carbonyl (C=O) groups is 1. The summed E-state index contributed by atoms with van der Waals surface area (Å²) in [7, 11) is 0. The summed E-state index contributed by atoms with van der Waals surface area (Å²) in [5.41, 5.74) is 6.10. The second kappa shape index (κ2) is 5.97. The molecule has 0 spiro atoms. The monoisotopic (exact) mass is 286 g/mol. The Hall–Kier alpha value is -2.34. The molecule has 6 heteroatoms. The minimum atomic E-state index is -0.301. The SMILES string of the molecule is NCc1ccc(C(=O)Nc2ccc(N3CCCC3)nc2)o1. The van der Waals surface area contributed by atoms with E-state index in [1.54, 1.807) is 18.3 Å². The molecule has 1 aliphatic heterocycles. The van der Waals surface area contributed by atoms with E-state index in [4.69, 9.17) is 10.2 Å². The maximum Gasteiger partial charge on any atom is 0.291 e. The van der Waals surface area contributed by atoms with Crippen LogP contribution in [0.1, 0.15) is 29.2 Å². The number of nitrogens with zero attached hydrogens (tertiary/aromatic N) is 2. The van der Waals surface area contributed by atoms with Crippen LogP contribution in [0.25, 0.3) is 0 Å². The third-order valence-corrected chi connectivity index (χ3v) is 3.52. The summed E-state index contributed by atoms with van der Waals surface area (Å²) in [6.07, 6.45) is 4.09. The molecule has 2 aromatic heterocycles. The summed E-state index contributed by atoms with van der Waals surface area (Å²) in [4.78, 5) is 18.6. The Balaban J connectivity index is 1.65. The second-order valence-corrected chi connectivity index (χ2v) is 5.02. The third-order valence-electron chi connectivity index (χ3n) is 3.52. The number of hydrogen-bond donors (Lipinski definition) is 2. The number of nitrogens with two attached hydrogens (primary N) is 1. The number of amides is 1. The van der Waals surface area contributed by atoms with Crippen LogP contribution in [0.2, 0.25) is 0 Å². The Morgan fingerprint density at radius 2 is 2.10 bits per heavy atom. The molecule has 0 bridgehead atoms. The number of pyridine rings is 1. The van der Waals surface area contributed by atoms with Gasteiger partial charge in [0.05, 0.1) is 18.4 Å². The Morgan fingerprint density at radius 3 is 2.71 bits per heavy atom. The number of furan rings is 1. The summed E-state index contributed by atoms with van der Waals surface area (Å²) >= 11 is 0. The van der Waals surface area contributed by atoms with Gasteiger partial charge in [0.2, 0.25) is 0 Å². The van der Waals surface area contributed by atoms with Crippen molar-refractivity contribution in [2.45, 2.75) is 19.4 Å². The van der Waals surface area contributed by atoms with Crippen molar-refractivity contribution >= 4 is 17.4 Å². The summed E-state index contributed by atoms with van der Waals surface area (Å²) < 4.78 is 5.31. The molecule has 0 aromatic carbocycles. The van der Waals surface area contributed by atoms with Gasteiger partial charge in [-0.15, -0.1) is 0 Å². The molecule has 0 saturated carbocycles. The molecule has 0 atom stereocenters. The molecular formula is C15H18N4O2. The van der Waals surface area contributed by atoms with Crippen molar-refractivity contribution in [1.29, 1.82) is 0 Å². The van der Waals surface area contributed by atoms with Crippen LogP contribution in [-0.2, 0) is 6.54 Å². The van der Waals surface area contributed by atoms with Crippen LogP contribution < -0.4 is 16.0 Å². The summed E-state index contributed by atoms with van der Waals surface area (Å²) in [6.45, 7) is 2.37. The molecule has 3 rings (SSSR count). The molecule has 2 aromatic rings. The van der Waals surface area contributed by atoms with Gasteiger partial charge in [-0.05, 0) is 37.1 Å². The molecule has 1 aliphatic rings. The lowest BCUT2D eigenvalue weighted by molar-refractivity contribution is 0.0995. The smallest absolute Gasteiger partial charge is 0.291 e. The Morgan fingerprint density at radius 1 is 1.29 bits per heavy atom. The van der Waals surface area contributed by atoms with E-state index >= 15 is 0 Å². The van der Waals surface area contributed by atoms with Crippen LogP contribution >= 0.6 is 0 Å². The highest BCUT2D eigenvalue weighted by atomic mass is 16.4. The molecule has 1 saturated heterocycles. The maximum atomic E-state index is 12.0. The van der Waals surface area contributed by atoms with Gasteiger partial charge in [0.15, 0.2) is 5.76 Å². The highest BCUT2D eigenvalue weighted by molar-refractivity contribution is 6.02.